The highest BCUT2D eigenvalue weighted by Gasteiger charge is 2.13. The van der Waals surface area contributed by atoms with Gasteiger partial charge in [0.2, 0.25) is 0 Å². The minimum Gasteiger partial charge on any atom is -0.275 e. The van der Waals surface area contributed by atoms with Gasteiger partial charge in [0, 0.05) is 17.5 Å². The fourth-order valence-electron chi connectivity index (χ4n) is 2.69. The van der Waals surface area contributed by atoms with E-state index in [0.717, 1.165) is 22.4 Å². The second-order valence-electron chi connectivity index (χ2n) is 5.54. The summed E-state index contributed by atoms with van der Waals surface area (Å²) >= 11 is 0. The standard InChI is InChI=1S/C23H19N/c1-2-12-22(19-13-6-3-7-14-19)24-23(20-15-8-4-9-16-20)21-17-10-5-11-18-21/h1,3-11,13-18,22H,12H2/t22-/m1/s1. The van der Waals surface area contributed by atoms with E-state index in [4.69, 9.17) is 11.4 Å². The van der Waals surface area contributed by atoms with E-state index < -0.39 is 0 Å². The van der Waals surface area contributed by atoms with Crippen molar-refractivity contribution in [2.24, 2.45) is 4.99 Å². The molecule has 1 atom stereocenters. The normalized spacial score (nSPS) is 11.3. The fourth-order valence-corrected chi connectivity index (χ4v) is 2.69. The molecule has 0 spiro atoms. The van der Waals surface area contributed by atoms with Gasteiger partial charge >= 0.3 is 0 Å². The molecule has 0 saturated heterocycles. The molecule has 3 aromatic rings. The van der Waals surface area contributed by atoms with Crippen LogP contribution in [-0.4, -0.2) is 5.71 Å². The van der Waals surface area contributed by atoms with Gasteiger partial charge in [0.25, 0.3) is 0 Å². The minimum absolute atomic E-state index is 0.0494. The van der Waals surface area contributed by atoms with Crippen LogP contribution in [0.4, 0.5) is 0 Å². The zero-order chi connectivity index (χ0) is 16.6. The third-order valence-electron chi connectivity index (χ3n) is 3.87. The van der Waals surface area contributed by atoms with Crippen LogP contribution in [0.15, 0.2) is 96.0 Å². The second-order valence-corrected chi connectivity index (χ2v) is 5.54. The molecule has 0 radical (unpaired) electrons. The van der Waals surface area contributed by atoms with Crippen LogP contribution in [0.3, 0.4) is 0 Å². The summed E-state index contributed by atoms with van der Waals surface area (Å²) in [5, 5.41) is 0. The van der Waals surface area contributed by atoms with Crippen LogP contribution in [0.2, 0.25) is 0 Å². The van der Waals surface area contributed by atoms with Crippen LogP contribution >= 0.6 is 0 Å². The highest BCUT2D eigenvalue weighted by Crippen LogP contribution is 2.23. The van der Waals surface area contributed by atoms with Crippen molar-refractivity contribution in [3.05, 3.63) is 108 Å². The zero-order valence-electron chi connectivity index (χ0n) is 13.5. The Morgan fingerprint density at radius 2 is 1.21 bits per heavy atom. The van der Waals surface area contributed by atoms with E-state index in [9.17, 15) is 0 Å². The lowest BCUT2D eigenvalue weighted by molar-refractivity contribution is 0.758. The third kappa shape index (κ3) is 3.80. The maximum absolute atomic E-state index is 5.60. The van der Waals surface area contributed by atoms with Crippen LogP contribution in [0.5, 0.6) is 0 Å². The van der Waals surface area contributed by atoms with Gasteiger partial charge in [-0.15, -0.1) is 12.3 Å². The second kappa shape index (κ2) is 7.94. The molecule has 0 aliphatic carbocycles. The third-order valence-corrected chi connectivity index (χ3v) is 3.87. The highest BCUT2D eigenvalue weighted by atomic mass is 14.8. The number of terminal acetylenes is 1. The smallest absolute Gasteiger partial charge is 0.0865 e. The molecule has 0 N–H and O–H groups in total. The fraction of sp³-hybridized carbons (Fsp3) is 0.0870. The van der Waals surface area contributed by atoms with Gasteiger partial charge in [0.15, 0.2) is 0 Å². The van der Waals surface area contributed by atoms with Crippen molar-refractivity contribution in [2.75, 3.05) is 0 Å². The Balaban J connectivity index is 2.10. The van der Waals surface area contributed by atoms with Crippen LogP contribution < -0.4 is 0 Å². The van der Waals surface area contributed by atoms with Gasteiger partial charge in [0.05, 0.1) is 11.8 Å². The van der Waals surface area contributed by atoms with E-state index in [0.29, 0.717) is 6.42 Å². The van der Waals surface area contributed by atoms with Gasteiger partial charge in [-0.05, 0) is 5.56 Å². The van der Waals surface area contributed by atoms with Crippen molar-refractivity contribution in [3.63, 3.8) is 0 Å². The molecule has 24 heavy (non-hydrogen) atoms. The predicted molar refractivity (Wildman–Crippen MR) is 101 cm³/mol. The molecule has 0 aromatic heterocycles. The lowest BCUT2D eigenvalue weighted by Crippen LogP contribution is -2.07. The molecule has 0 aliphatic heterocycles. The zero-order valence-corrected chi connectivity index (χ0v) is 13.5. The summed E-state index contributed by atoms with van der Waals surface area (Å²) in [7, 11) is 0. The molecule has 116 valence electrons. The Kier molecular flexibility index (Phi) is 5.22. The monoisotopic (exact) mass is 309 g/mol. The largest absolute Gasteiger partial charge is 0.275 e. The first-order valence-electron chi connectivity index (χ1n) is 8.05. The summed E-state index contributed by atoms with van der Waals surface area (Å²) in [5.74, 6) is 2.77. The summed E-state index contributed by atoms with van der Waals surface area (Å²) in [6.45, 7) is 0. The van der Waals surface area contributed by atoms with Crippen molar-refractivity contribution in [3.8, 4) is 12.3 Å². The van der Waals surface area contributed by atoms with Crippen LogP contribution in [0.1, 0.15) is 29.2 Å². The molecule has 0 unspecified atom stereocenters. The van der Waals surface area contributed by atoms with Crippen molar-refractivity contribution in [1.82, 2.24) is 0 Å². The Morgan fingerprint density at radius 1 is 0.750 bits per heavy atom. The number of hydrogen-bond acceptors (Lipinski definition) is 1. The van der Waals surface area contributed by atoms with Crippen LogP contribution in [0, 0.1) is 12.3 Å². The Hall–Kier alpha value is -3.11. The summed E-state index contributed by atoms with van der Waals surface area (Å²) in [6, 6.07) is 30.7. The Bertz CT molecular complexity index is 786. The van der Waals surface area contributed by atoms with Gasteiger partial charge in [-0.2, -0.15) is 0 Å². The average Bonchev–Trinajstić information content (AvgIpc) is 2.67. The van der Waals surface area contributed by atoms with E-state index in [1.165, 1.54) is 0 Å². The maximum atomic E-state index is 5.60. The van der Waals surface area contributed by atoms with Crippen molar-refractivity contribution >= 4 is 5.71 Å². The quantitative estimate of drug-likeness (QED) is 0.448. The summed E-state index contributed by atoms with van der Waals surface area (Å²) in [4.78, 5) is 5.05. The molecule has 3 rings (SSSR count). The summed E-state index contributed by atoms with van der Waals surface area (Å²) in [5.41, 5.74) is 4.31. The average molecular weight is 309 g/mol. The molecule has 0 aliphatic rings. The van der Waals surface area contributed by atoms with Crippen molar-refractivity contribution < 1.29 is 0 Å². The van der Waals surface area contributed by atoms with Crippen LogP contribution in [0.25, 0.3) is 0 Å². The van der Waals surface area contributed by atoms with Crippen LogP contribution in [-0.2, 0) is 0 Å². The van der Waals surface area contributed by atoms with E-state index in [1.807, 2.05) is 54.6 Å². The molecule has 3 aromatic carbocycles. The lowest BCUT2D eigenvalue weighted by atomic mass is 10.00. The van der Waals surface area contributed by atoms with Gasteiger partial charge in [-0.3, -0.25) is 4.99 Å². The topological polar surface area (TPSA) is 12.4 Å². The van der Waals surface area contributed by atoms with E-state index in [-0.39, 0.29) is 6.04 Å². The van der Waals surface area contributed by atoms with E-state index in [2.05, 4.69) is 42.3 Å². The Labute approximate surface area is 143 Å². The number of benzene rings is 3. The lowest BCUT2D eigenvalue weighted by Gasteiger charge is -2.14. The summed E-state index contributed by atoms with van der Waals surface area (Å²) in [6.07, 6.45) is 6.18. The molecule has 0 heterocycles. The molecule has 0 fully saturated rings. The number of rotatable bonds is 5. The Morgan fingerprint density at radius 3 is 1.67 bits per heavy atom. The van der Waals surface area contributed by atoms with Gasteiger partial charge in [-0.1, -0.05) is 91.0 Å². The first-order chi connectivity index (χ1) is 11.9. The number of nitrogens with zero attached hydrogens (tertiary/aromatic N) is 1. The maximum Gasteiger partial charge on any atom is 0.0865 e. The van der Waals surface area contributed by atoms with E-state index >= 15 is 0 Å². The predicted octanol–water partition coefficient (Wildman–Crippen LogP) is 5.29. The number of aliphatic imine (C=N–C) groups is 1. The first kappa shape index (κ1) is 15.8. The van der Waals surface area contributed by atoms with Gasteiger partial charge in [-0.25, -0.2) is 0 Å². The SMILES string of the molecule is C#CC[C@@H](N=C(c1ccccc1)c1ccccc1)c1ccccc1. The molecular formula is C23H19N. The first-order valence-corrected chi connectivity index (χ1v) is 8.05. The minimum atomic E-state index is -0.0494. The molecular weight excluding hydrogens is 290 g/mol. The van der Waals surface area contributed by atoms with Gasteiger partial charge < -0.3 is 0 Å². The van der Waals surface area contributed by atoms with Crippen molar-refractivity contribution in [1.29, 1.82) is 0 Å². The highest BCUT2D eigenvalue weighted by molar-refractivity contribution is 6.13. The molecule has 0 saturated carbocycles. The summed E-state index contributed by atoms with van der Waals surface area (Å²) < 4.78 is 0. The molecule has 1 nitrogen and oxygen atoms in total. The van der Waals surface area contributed by atoms with E-state index in [1.54, 1.807) is 0 Å². The van der Waals surface area contributed by atoms with Gasteiger partial charge in [0.1, 0.15) is 0 Å². The molecule has 0 bridgehead atoms. The number of hydrogen-bond donors (Lipinski definition) is 0. The van der Waals surface area contributed by atoms with Crippen molar-refractivity contribution in [2.45, 2.75) is 12.5 Å². The molecule has 1 heteroatoms. The molecule has 0 amide bonds.